The molecule has 0 amide bonds. The first kappa shape index (κ1) is 12.1. The summed E-state index contributed by atoms with van der Waals surface area (Å²) in [5.74, 6) is -0.248. The van der Waals surface area contributed by atoms with Crippen molar-refractivity contribution in [3.05, 3.63) is 45.9 Å². The van der Waals surface area contributed by atoms with Gasteiger partial charge in [0.1, 0.15) is 5.82 Å². The summed E-state index contributed by atoms with van der Waals surface area (Å²) in [6.07, 6.45) is 0. The van der Waals surface area contributed by atoms with Crippen LogP contribution in [0.3, 0.4) is 0 Å². The predicted molar refractivity (Wildman–Crippen MR) is 69.4 cm³/mol. The Morgan fingerprint density at radius 2 is 2.12 bits per heavy atom. The van der Waals surface area contributed by atoms with E-state index in [2.05, 4.69) is 26.3 Å². The molecule has 2 rings (SSSR count). The van der Waals surface area contributed by atoms with Crippen molar-refractivity contribution < 1.29 is 4.39 Å². The number of hydrogen-bond acceptors (Lipinski definition) is 2. The highest BCUT2D eigenvalue weighted by Crippen LogP contribution is 2.22. The quantitative estimate of drug-likeness (QED) is 0.942. The highest BCUT2D eigenvalue weighted by Gasteiger charge is 2.10. The number of aryl methyl sites for hydroxylation is 2. The van der Waals surface area contributed by atoms with Crippen LogP contribution in [-0.4, -0.2) is 9.78 Å². The summed E-state index contributed by atoms with van der Waals surface area (Å²) >= 11 is 3.48. The first-order chi connectivity index (χ1) is 8.09. The Kier molecular flexibility index (Phi) is 3.47. The Hall–Kier alpha value is -1.36. The average molecular weight is 298 g/mol. The normalized spacial score (nSPS) is 10.6. The summed E-state index contributed by atoms with van der Waals surface area (Å²) in [5.41, 5.74) is 2.42. The first-order valence-electron chi connectivity index (χ1n) is 5.26. The van der Waals surface area contributed by atoms with E-state index in [9.17, 15) is 4.39 Å². The number of para-hydroxylation sites is 1. The van der Waals surface area contributed by atoms with Gasteiger partial charge in [-0.2, -0.15) is 5.10 Å². The lowest BCUT2D eigenvalue weighted by molar-refractivity contribution is 0.629. The van der Waals surface area contributed by atoms with Crippen molar-refractivity contribution in [2.24, 2.45) is 7.05 Å². The second kappa shape index (κ2) is 4.87. The van der Waals surface area contributed by atoms with Gasteiger partial charge in [0.15, 0.2) is 0 Å². The van der Waals surface area contributed by atoms with Crippen molar-refractivity contribution >= 4 is 21.6 Å². The van der Waals surface area contributed by atoms with Crippen molar-refractivity contribution in [1.82, 2.24) is 9.78 Å². The Balaban J connectivity index is 2.15. The summed E-state index contributed by atoms with van der Waals surface area (Å²) in [6, 6.07) is 6.62. The minimum atomic E-state index is -0.248. The molecule has 0 radical (unpaired) electrons. The van der Waals surface area contributed by atoms with Gasteiger partial charge in [-0.15, -0.1) is 0 Å². The van der Waals surface area contributed by atoms with E-state index < -0.39 is 0 Å². The number of anilines is 1. The molecule has 1 heterocycles. The third-order valence-corrected chi connectivity index (χ3v) is 3.61. The fourth-order valence-corrected chi connectivity index (χ4v) is 2.13. The molecule has 5 heteroatoms. The molecular formula is C12H13BrFN3. The Morgan fingerprint density at radius 3 is 2.71 bits per heavy atom. The molecule has 0 aliphatic carbocycles. The maximum Gasteiger partial charge on any atom is 0.146 e. The van der Waals surface area contributed by atoms with E-state index >= 15 is 0 Å². The second-order valence-corrected chi connectivity index (χ2v) is 4.60. The monoisotopic (exact) mass is 297 g/mol. The average Bonchev–Trinajstić information content (AvgIpc) is 2.53. The first-order valence-corrected chi connectivity index (χ1v) is 6.05. The van der Waals surface area contributed by atoms with Crippen LogP contribution in [0.4, 0.5) is 10.1 Å². The van der Waals surface area contributed by atoms with Gasteiger partial charge in [0.2, 0.25) is 0 Å². The van der Waals surface area contributed by atoms with Crippen molar-refractivity contribution in [3.8, 4) is 0 Å². The highest BCUT2D eigenvalue weighted by atomic mass is 79.9. The number of halogens is 2. The van der Waals surface area contributed by atoms with Crippen LogP contribution in [0.5, 0.6) is 0 Å². The summed E-state index contributed by atoms with van der Waals surface area (Å²) < 4.78 is 16.1. The molecule has 3 nitrogen and oxygen atoms in total. The molecule has 0 spiro atoms. The number of hydrogen-bond donors (Lipinski definition) is 1. The lowest BCUT2D eigenvalue weighted by Gasteiger charge is -2.08. The number of nitrogens with zero attached hydrogens (tertiary/aromatic N) is 2. The van der Waals surface area contributed by atoms with E-state index in [1.54, 1.807) is 22.9 Å². The van der Waals surface area contributed by atoms with E-state index in [1.807, 2.05) is 14.0 Å². The zero-order valence-electron chi connectivity index (χ0n) is 9.67. The summed E-state index contributed by atoms with van der Waals surface area (Å²) in [4.78, 5) is 0. The van der Waals surface area contributed by atoms with Gasteiger partial charge in [0, 0.05) is 7.05 Å². The standard InChI is InChI=1S/C12H13BrFN3/c1-8-12(13)11(17(2)16-8)7-15-10-6-4-3-5-9(10)14/h3-6,15H,7H2,1-2H3. The lowest BCUT2D eigenvalue weighted by atomic mass is 10.3. The molecule has 0 fully saturated rings. The summed E-state index contributed by atoms with van der Waals surface area (Å²) in [5, 5.41) is 7.34. The van der Waals surface area contributed by atoms with Gasteiger partial charge >= 0.3 is 0 Å². The molecule has 0 aliphatic heterocycles. The molecule has 0 saturated carbocycles. The number of rotatable bonds is 3. The molecule has 17 heavy (non-hydrogen) atoms. The van der Waals surface area contributed by atoms with Gasteiger partial charge in [0.25, 0.3) is 0 Å². The van der Waals surface area contributed by atoms with Gasteiger partial charge in [-0.1, -0.05) is 12.1 Å². The van der Waals surface area contributed by atoms with E-state index in [1.165, 1.54) is 6.07 Å². The van der Waals surface area contributed by atoms with Crippen molar-refractivity contribution in [3.63, 3.8) is 0 Å². The Labute approximate surface area is 108 Å². The number of benzene rings is 1. The van der Waals surface area contributed by atoms with Crippen LogP contribution in [0.15, 0.2) is 28.7 Å². The molecule has 0 bridgehead atoms. The van der Waals surface area contributed by atoms with Crippen molar-refractivity contribution in [2.45, 2.75) is 13.5 Å². The molecule has 0 aliphatic rings. The summed E-state index contributed by atoms with van der Waals surface area (Å²) in [7, 11) is 1.87. The van der Waals surface area contributed by atoms with Crippen LogP contribution in [0, 0.1) is 12.7 Å². The highest BCUT2D eigenvalue weighted by molar-refractivity contribution is 9.10. The van der Waals surface area contributed by atoms with Gasteiger partial charge in [0.05, 0.1) is 28.1 Å². The van der Waals surface area contributed by atoms with Gasteiger partial charge in [-0.25, -0.2) is 4.39 Å². The second-order valence-electron chi connectivity index (χ2n) is 3.80. The maximum absolute atomic E-state index is 13.4. The van der Waals surface area contributed by atoms with Gasteiger partial charge in [-0.05, 0) is 35.0 Å². The maximum atomic E-state index is 13.4. The Bertz CT molecular complexity index is 537. The SMILES string of the molecule is Cc1nn(C)c(CNc2ccccc2F)c1Br. The fraction of sp³-hybridized carbons (Fsp3) is 0.250. The van der Waals surface area contributed by atoms with Crippen LogP contribution in [-0.2, 0) is 13.6 Å². The van der Waals surface area contributed by atoms with Crippen LogP contribution in [0.25, 0.3) is 0 Å². The fourth-order valence-electron chi connectivity index (χ4n) is 1.66. The van der Waals surface area contributed by atoms with Crippen LogP contribution < -0.4 is 5.32 Å². The van der Waals surface area contributed by atoms with Crippen molar-refractivity contribution in [2.75, 3.05) is 5.32 Å². The Morgan fingerprint density at radius 1 is 1.41 bits per heavy atom. The molecule has 1 N–H and O–H groups in total. The van der Waals surface area contributed by atoms with Crippen LogP contribution in [0.2, 0.25) is 0 Å². The topological polar surface area (TPSA) is 29.9 Å². The zero-order valence-corrected chi connectivity index (χ0v) is 11.3. The number of nitrogens with one attached hydrogen (secondary N) is 1. The molecule has 1 aromatic heterocycles. The summed E-state index contributed by atoms with van der Waals surface area (Å²) in [6.45, 7) is 2.45. The van der Waals surface area contributed by atoms with Gasteiger partial charge < -0.3 is 5.32 Å². The van der Waals surface area contributed by atoms with E-state index in [-0.39, 0.29) is 5.82 Å². The zero-order chi connectivity index (χ0) is 12.4. The molecular weight excluding hydrogens is 285 g/mol. The van der Waals surface area contributed by atoms with Crippen LogP contribution in [0.1, 0.15) is 11.4 Å². The van der Waals surface area contributed by atoms with E-state index in [0.29, 0.717) is 12.2 Å². The van der Waals surface area contributed by atoms with E-state index in [0.717, 1.165) is 15.9 Å². The molecule has 2 aromatic rings. The molecule has 0 unspecified atom stereocenters. The molecule has 0 atom stereocenters. The third kappa shape index (κ3) is 2.49. The number of aromatic nitrogens is 2. The molecule has 90 valence electrons. The van der Waals surface area contributed by atoms with E-state index in [4.69, 9.17) is 0 Å². The molecule has 1 aromatic carbocycles. The predicted octanol–water partition coefficient (Wildman–Crippen LogP) is 3.24. The molecule has 0 saturated heterocycles. The minimum absolute atomic E-state index is 0.248. The van der Waals surface area contributed by atoms with Gasteiger partial charge in [-0.3, -0.25) is 4.68 Å². The largest absolute Gasteiger partial charge is 0.377 e. The van der Waals surface area contributed by atoms with Crippen molar-refractivity contribution in [1.29, 1.82) is 0 Å². The lowest BCUT2D eigenvalue weighted by Crippen LogP contribution is -2.06. The third-order valence-electron chi connectivity index (χ3n) is 2.58. The van der Waals surface area contributed by atoms with Crippen LogP contribution >= 0.6 is 15.9 Å². The minimum Gasteiger partial charge on any atom is -0.377 e. The smallest absolute Gasteiger partial charge is 0.146 e.